The number of rotatable bonds is 4. The Morgan fingerprint density at radius 3 is 2.94 bits per heavy atom. The maximum absolute atomic E-state index is 13.0. The highest BCUT2D eigenvalue weighted by Crippen LogP contribution is 2.16. The average Bonchev–Trinajstić information content (AvgIpc) is 2.72. The van der Waals surface area contributed by atoms with Crippen LogP contribution in [0.2, 0.25) is 0 Å². The first-order valence-electron chi connectivity index (χ1n) is 5.23. The molecule has 3 nitrogen and oxygen atoms in total. The van der Waals surface area contributed by atoms with E-state index in [9.17, 15) is 4.39 Å². The second kappa shape index (κ2) is 5.42. The largest absolute Gasteiger partial charge is 0.453 e. The van der Waals surface area contributed by atoms with Crippen molar-refractivity contribution in [3.05, 3.63) is 52.4 Å². The second-order valence-electron chi connectivity index (χ2n) is 3.74. The molecule has 0 spiro atoms. The fraction of sp³-hybridized carbons (Fsp3) is 0.250. The highest BCUT2D eigenvalue weighted by molar-refractivity contribution is 9.10. The summed E-state index contributed by atoms with van der Waals surface area (Å²) < 4.78 is 19.0. The lowest BCUT2D eigenvalue weighted by molar-refractivity contribution is 0.446. The summed E-state index contributed by atoms with van der Waals surface area (Å²) in [5.74, 6) is 0.505. The Morgan fingerprint density at radius 1 is 1.47 bits per heavy atom. The SMILES string of the molecule is C[C@H](NCc1ccc(Br)o1)c1cncc(F)c1. The fourth-order valence-electron chi connectivity index (χ4n) is 1.48. The third-order valence-electron chi connectivity index (χ3n) is 2.44. The molecule has 0 unspecified atom stereocenters. The molecule has 1 atom stereocenters. The van der Waals surface area contributed by atoms with Crippen LogP contribution in [0.25, 0.3) is 0 Å². The van der Waals surface area contributed by atoms with Crippen molar-refractivity contribution >= 4 is 15.9 Å². The third kappa shape index (κ3) is 3.38. The van der Waals surface area contributed by atoms with Crippen LogP contribution in [0.15, 0.2) is 39.7 Å². The van der Waals surface area contributed by atoms with E-state index in [4.69, 9.17) is 4.42 Å². The number of nitrogens with one attached hydrogen (secondary N) is 1. The highest BCUT2D eigenvalue weighted by atomic mass is 79.9. The number of hydrogen-bond acceptors (Lipinski definition) is 3. The van der Waals surface area contributed by atoms with Gasteiger partial charge >= 0.3 is 0 Å². The maximum atomic E-state index is 13.0. The molecule has 0 aliphatic carbocycles. The van der Waals surface area contributed by atoms with Gasteiger partial charge in [-0.1, -0.05) is 0 Å². The topological polar surface area (TPSA) is 38.1 Å². The van der Waals surface area contributed by atoms with E-state index >= 15 is 0 Å². The monoisotopic (exact) mass is 298 g/mol. The molecule has 5 heteroatoms. The molecular weight excluding hydrogens is 287 g/mol. The summed E-state index contributed by atoms with van der Waals surface area (Å²) >= 11 is 3.24. The Kier molecular flexibility index (Phi) is 3.91. The minimum Gasteiger partial charge on any atom is -0.453 e. The molecule has 0 aromatic carbocycles. The highest BCUT2D eigenvalue weighted by Gasteiger charge is 2.07. The van der Waals surface area contributed by atoms with E-state index in [0.717, 1.165) is 11.3 Å². The van der Waals surface area contributed by atoms with Crippen molar-refractivity contribution in [3.8, 4) is 0 Å². The van der Waals surface area contributed by atoms with E-state index in [2.05, 4.69) is 26.2 Å². The van der Waals surface area contributed by atoms with Crippen LogP contribution in [0.5, 0.6) is 0 Å². The Hall–Kier alpha value is -1.20. The van der Waals surface area contributed by atoms with Gasteiger partial charge in [-0.25, -0.2) is 4.39 Å². The lowest BCUT2D eigenvalue weighted by atomic mass is 10.1. The zero-order chi connectivity index (χ0) is 12.3. The number of hydrogen-bond donors (Lipinski definition) is 1. The molecule has 2 aromatic rings. The van der Waals surface area contributed by atoms with Crippen molar-refractivity contribution in [3.63, 3.8) is 0 Å². The predicted molar refractivity (Wildman–Crippen MR) is 65.9 cm³/mol. The Morgan fingerprint density at radius 2 is 2.29 bits per heavy atom. The molecule has 0 radical (unpaired) electrons. The molecule has 90 valence electrons. The van der Waals surface area contributed by atoms with Gasteiger partial charge in [0.05, 0.1) is 12.7 Å². The van der Waals surface area contributed by atoms with E-state index in [1.165, 1.54) is 12.3 Å². The van der Waals surface area contributed by atoms with Gasteiger partial charge in [-0.2, -0.15) is 0 Å². The maximum Gasteiger partial charge on any atom is 0.169 e. The van der Waals surface area contributed by atoms with Gasteiger partial charge in [0.2, 0.25) is 0 Å². The zero-order valence-corrected chi connectivity index (χ0v) is 10.9. The van der Waals surface area contributed by atoms with Crippen molar-refractivity contribution in [2.75, 3.05) is 0 Å². The number of furan rings is 1. The number of nitrogens with zero attached hydrogens (tertiary/aromatic N) is 1. The normalized spacial score (nSPS) is 12.6. The van der Waals surface area contributed by atoms with E-state index in [-0.39, 0.29) is 11.9 Å². The van der Waals surface area contributed by atoms with Crippen molar-refractivity contribution in [2.24, 2.45) is 0 Å². The standard InChI is InChI=1S/C12H12BrFN2O/c1-8(9-4-10(14)6-15-5-9)16-7-11-2-3-12(13)17-11/h2-6,8,16H,7H2,1H3/t8-/m0/s1. The molecule has 2 rings (SSSR count). The molecular formula is C12H12BrFN2O. The molecule has 0 aliphatic rings. The summed E-state index contributed by atoms with van der Waals surface area (Å²) in [5.41, 5.74) is 0.815. The van der Waals surface area contributed by atoms with Crippen LogP contribution in [-0.2, 0) is 6.54 Å². The molecule has 0 bridgehead atoms. The average molecular weight is 299 g/mol. The van der Waals surface area contributed by atoms with Crippen LogP contribution in [0.1, 0.15) is 24.3 Å². The molecule has 0 aliphatic heterocycles. The van der Waals surface area contributed by atoms with Gasteiger partial charge in [0.15, 0.2) is 4.67 Å². The van der Waals surface area contributed by atoms with Crippen LogP contribution >= 0.6 is 15.9 Å². The molecule has 2 heterocycles. The van der Waals surface area contributed by atoms with Crippen LogP contribution in [0, 0.1) is 5.82 Å². The van der Waals surface area contributed by atoms with Gasteiger partial charge in [0.1, 0.15) is 11.6 Å². The van der Waals surface area contributed by atoms with Crippen molar-refractivity contribution in [1.29, 1.82) is 0 Å². The Balaban J connectivity index is 1.95. The molecule has 0 saturated carbocycles. The Bertz CT molecular complexity index is 501. The molecule has 0 saturated heterocycles. The van der Waals surface area contributed by atoms with Crippen molar-refractivity contribution < 1.29 is 8.81 Å². The first-order chi connectivity index (χ1) is 8.15. The van der Waals surface area contributed by atoms with Crippen molar-refractivity contribution in [2.45, 2.75) is 19.5 Å². The van der Waals surface area contributed by atoms with E-state index < -0.39 is 0 Å². The van der Waals surface area contributed by atoms with E-state index in [1.807, 2.05) is 19.1 Å². The first-order valence-corrected chi connectivity index (χ1v) is 6.02. The summed E-state index contributed by atoms with van der Waals surface area (Å²) in [4.78, 5) is 3.82. The molecule has 0 amide bonds. The summed E-state index contributed by atoms with van der Waals surface area (Å²) in [6.07, 6.45) is 2.85. The van der Waals surface area contributed by atoms with Gasteiger partial charge < -0.3 is 9.73 Å². The molecule has 17 heavy (non-hydrogen) atoms. The van der Waals surface area contributed by atoms with Crippen LogP contribution in [0.3, 0.4) is 0 Å². The summed E-state index contributed by atoms with van der Waals surface area (Å²) in [6.45, 7) is 2.54. The van der Waals surface area contributed by atoms with E-state index in [1.54, 1.807) is 6.20 Å². The van der Waals surface area contributed by atoms with Gasteiger partial charge in [0, 0.05) is 12.2 Å². The fourth-order valence-corrected chi connectivity index (χ4v) is 1.82. The summed E-state index contributed by atoms with van der Waals surface area (Å²) in [7, 11) is 0. The van der Waals surface area contributed by atoms with Crippen LogP contribution in [-0.4, -0.2) is 4.98 Å². The quantitative estimate of drug-likeness (QED) is 0.940. The van der Waals surface area contributed by atoms with E-state index in [0.29, 0.717) is 11.2 Å². The number of halogens is 2. The van der Waals surface area contributed by atoms with Gasteiger partial charge in [0.25, 0.3) is 0 Å². The predicted octanol–water partition coefficient (Wildman–Crippen LogP) is 3.43. The Labute approximate surface area is 107 Å². The van der Waals surface area contributed by atoms with Crippen molar-refractivity contribution in [1.82, 2.24) is 10.3 Å². The summed E-state index contributed by atoms with van der Waals surface area (Å²) in [5, 5.41) is 3.23. The zero-order valence-electron chi connectivity index (χ0n) is 9.28. The van der Waals surface area contributed by atoms with Gasteiger partial charge in [-0.15, -0.1) is 0 Å². The number of aromatic nitrogens is 1. The van der Waals surface area contributed by atoms with Crippen LogP contribution < -0.4 is 5.32 Å². The molecule has 1 N–H and O–H groups in total. The third-order valence-corrected chi connectivity index (χ3v) is 2.86. The molecule has 2 aromatic heterocycles. The first kappa shape index (κ1) is 12.3. The minimum atomic E-state index is -0.322. The minimum absolute atomic E-state index is 0.0158. The summed E-state index contributed by atoms with van der Waals surface area (Å²) in [6, 6.07) is 5.21. The smallest absolute Gasteiger partial charge is 0.169 e. The number of pyridine rings is 1. The lowest BCUT2D eigenvalue weighted by Crippen LogP contribution is -2.18. The van der Waals surface area contributed by atoms with Gasteiger partial charge in [-0.05, 0) is 46.6 Å². The molecule has 0 fully saturated rings. The van der Waals surface area contributed by atoms with Crippen LogP contribution in [0.4, 0.5) is 4.39 Å². The van der Waals surface area contributed by atoms with Gasteiger partial charge in [-0.3, -0.25) is 4.98 Å². The lowest BCUT2D eigenvalue weighted by Gasteiger charge is -2.12. The second-order valence-corrected chi connectivity index (χ2v) is 4.53.